The van der Waals surface area contributed by atoms with E-state index in [9.17, 15) is 4.79 Å². The maximum Gasteiger partial charge on any atom is 0.313 e. The van der Waals surface area contributed by atoms with Gasteiger partial charge in [-0.05, 0) is 24.6 Å². The molecule has 1 heterocycles. The van der Waals surface area contributed by atoms with Crippen LogP contribution in [0.3, 0.4) is 0 Å². The standard InChI is InChI=1S/C16H20N2O4/c1-3-21-16(19)14(10-15-17-8-9-18-15)12-4-6-13(7-5-12)22-11-20-2/h4-9,14H,3,10-11H2,1-2H3,(H,17,18). The van der Waals surface area contributed by atoms with Gasteiger partial charge >= 0.3 is 5.97 Å². The summed E-state index contributed by atoms with van der Waals surface area (Å²) in [5, 5.41) is 0. The number of hydrogen-bond donors (Lipinski definition) is 1. The molecule has 118 valence electrons. The molecule has 2 aromatic rings. The summed E-state index contributed by atoms with van der Waals surface area (Å²) in [5.74, 6) is 0.774. The minimum atomic E-state index is -0.400. The quantitative estimate of drug-likeness (QED) is 0.598. The normalized spacial score (nSPS) is 11.9. The van der Waals surface area contributed by atoms with Crippen LogP contribution in [0, 0.1) is 0 Å². The molecule has 1 aromatic heterocycles. The third-order valence-corrected chi connectivity index (χ3v) is 3.15. The number of imidazole rings is 1. The van der Waals surface area contributed by atoms with Crippen LogP contribution in [0.15, 0.2) is 36.7 Å². The molecule has 0 radical (unpaired) electrons. The lowest BCUT2D eigenvalue weighted by Gasteiger charge is -2.15. The van der Waals surface area contributed by atoms with E-state index in [-0.39, 0.29) is 12.8 Å². The number of nitrogens with zero attached hydrogens (tertiary/aromatic N) is 1. The van der Waals surface area contributed by atoms with E-state index in [1.54, 1.807) is 26.4 Å². The van der Waals surface area contributed by atoms with Crippen LogP contribution in [0.4, 0.5) is 0 Å². The fourth-order valence-corrected chi connectivity index (χ4v) is 2.11. The van der Waals surface area contributed by atoms with E-state index in [2.05, 4.69) is 9.97 Å². The first-order valence-corrected chi connectivity index (χ1v) is 7.11. The van der Waals surface area contributed by atoms with Gasteiger partial charge in [0.1, 0.15) is 11.6 Å². The van der Waals surface area contributed by atoms with Crippen molar-refractivity contribution in [1.82, 2.24) is 9.97 Å². The Kier molecular flexibility index (Phi) is 5.97. The van der Waals surface area contributed by atoms with Crippen molar-refractivity contribution in [2.75, 3.05) is 20.5 Å². The van der Waals surface area contributed by atoms with Gasteiger partial charge in [-0.15, -0.1) is 0 Å². The van der Waals surface area contributed by atoms with Crippen molar-refractivity contribution in [2.45, 2.75) is 19.3 Å². The molecule has 0 saturated heterocycles. The number of esters is 1. The van der Waals surface area contributed by atoms with Crippen molar-refractivity contribution in [2.24, 2.45) is 0 Å². The number of carbonyl (C=O) groups is 1. The molecule has 6 nitrogen and oxygen atoms in total. The van der Waals surface area contributed by atoms with Crippen molar-refractivity contribution in [3.63, 3.8) is 0 Å². The number of methoxy groups -OCH3 is 1. The number of carbonyl (C=O) groups excluding carboxylic acids is 1. The van der Waals surface area contributed by atoms with Crippen LogP contribution in [0.5, 0.6) is 5.75 Å². The Balaban J connectivity index is 2.14. The van der Waals surface area contributed by atoms with Crippen LogP contribution in [-0.4, -0.2) is 36.4 Å². The van der Waals surface area contributed by atoms with E-state index in [0.717, 1.165) is 11.4 Å². The number of hydrogen-bond acceptors (Lipinski definition) is 5. The van der Waals surface area contributed by atoms with E-state index in [0.29, 0.717) is 18.8 Å². The number of benzene rings is 1. The van der Waals surface area contributed by atoms with Crippen LogP contribution < -0.4 is 4.74 Å². The summed E-state index contributed by atoms with van der Waals surface area (Å²) in [4.78, 5) is 19.4. The Hall–Kier alpha value is -2.34. The Labute approximate surface area is 129 Å². The van der Waals surface area contributed by atoms with E-state index in [1.165, 1.54) is 0 Å². The Morgan fingerprint density at radius 1 is 1.32 bits per heavy atom. The predicted octanol–water partition coefficient (Wildman–Crippen LogP) is 2.28. The Morgan fingerprint density at radius 3 is 2.68 bits per heavy atom. The van der Waals surface area contributed by atoms with Crippen molar-refractivity contribution in [3.8, 4) is 5.75 Å². The topological polar surface area (TPSA) is 73.4 Å². The van der Waals surface area contributed by atoms with E-state index < -0.39 is 5.92 Å². The molecule has 0 aliphatic carbocycles. The minimum Gasteiger partial charge on any atom is -0.468 e. The summed E-state index contributed by atoms with van der Waals surface area (Å²) in [6.45, 7) is 2.33. The molecule has 22 heavy (non-hydrogen) atoms. The van der Waals surface area contributed by atoms with Crippen molar-refractivity contribution in [1.29, 1.82) is 0 Å². The van der Waals surface area contributed by atoms with Crippen molar-refractivity contribution in [3.05, 3.63) is 48.0 Å². The largest absolute Gasteiger partial charge is 0.468 e. The second-order valence-corrected chi connectivity index (χ2v) is 4.66. The second-order valence-electron chi connectivity index (χ2n) is 4.66. The number of aromatic amines is 1. The van der Waals surface area contributed by atoms with Gasteiger partial charge in [0, 0.05) is 25.9 Å². The highest BCUT2D eigenvalue weighted by Crippen LogP contribution is 2.24. The molecule has 0 bridgehead atoms. The molecule has 0 spiro atoms. The Bertz CT molecular complexity index is 566. The minimum absolute atomic E-state index is 0.188. The zero-order valence-electron chi connectivity index (χ0n) is 12.7. The maximum absolute atomic E-state index is 12.2. The van der Waals surface area contributed by atoms with Crippen LogP contribution in [0.1, 0.15) is 24.2 Å². The van der Waals surface area contributed by atoms with E-state index in [1.807, 2.05) is 24.3 Å². The van der Waals surface area contributed by atoms with Crippen LogP contribution in [0.25, 0.3) is 0 Å². The van der Waals surface area contributed by atoms with Gasteiger partial charge in [0.25, 0.3) is 0 Å². The molecule has 0 aliphatic heterocycles. The van der Waals surface area contributed by atoms with Gasteiger partial charge in [0.2, 0.25) is 0 Å². The summed E-state index contributed by atoms with van der Waals surface area (Å²) in [7, 11) is 1.56. The molecule has 0 amide bonds. The highest BCUT2D eigenvalue weighted by Gasteiger charge is 2.23. The number of ether oxygens (including phenoxy) is 3. The lowest BCUT2D eigenvalue weighted by Crippen LogP contribution is -2.19. The lowest BCUT2D eigenvalue weighted by atomic mass is 9.95. The summed E-state index contributed by atoms with van der Waals surface area (Å²) in [6, 6.07) is 7.33. The molecular weight excluding hydrogens is 284 g/mol. The van der Waals surface area contributed by atoms with Crippen LogP contribution >= 0.6 is 0 Å². The van der Waals surface area contributed by atoms with E-state index in [4.69, 9.17) is 14.2 Å². The van der Waals surface area contributed by atoms with Gasteiger partial charge in [-0.25, -0.2) is 4.98 Å². The number of rotatable bonds is 8. The lowest BCUT2D eigenvalue weighted by molar-refractivity contribution is -0.145. The van der Waals surface area contributed by atoms with Crippen molar-refractivity contribution >= 4 is 5.97 Å². The molecule has 0 saturated carbocycles. The first-order chi connectivity index (χ1) is 10.7. The molecule has 0 aliphatic rings. The van der Waals surface area contributed by atoms with Gasteiger partial charge in [0.15, 0.2) is 6.79 Å². The van der Waals surface area contributed by atoms with E-state index >= 15 is 0 Å². The van der Waals surface area contributed by atoms with Gasteiger partial charge in [-0.3, -0.25) is 4.79 Å². The van der Waals surface area contributed by atoms with Crippen LogP contribution in [-0.2, 0) is 20.7 Å². The first-order valence-electron chi connectivity index (χ1n) is 7.11. The fourth-order valence-electron chi connectivity index (χ4n) is 2.11. The third-order valence-electron chi connectivity index (χ3n) is 3.15. The molecule has 1 atom stereocenters. The number of nitrogens with one attached hydrogen (secondary N) is 1. The molecule has 2 rings (SSSR count). The average molecular weight is 304 g/mol. The maximum atomic E-state index is 12.2. The van der Waals surface area contributed by atoms with Gasteiger partial charge in [-0.1, -0.05) is 12.1 Å². The predicted molar refractivity (Wildman–Crippen MR) is 80.6 cm³/mol. The first kappa shape index (κ1) is 16.0. The highest BCUT2D eigenvalue weighted by atomic mass is 16.7. The number of H-pyrrole nitrogens is 1. The second kappa shape index (κ2) is 8.19. The van der Waals surface area contributed by atoms with Crippen molar-refractivity contribution < 1.29 is 19.0 Å². The summed E-state index contributed by atoms with van der Waals surface area (Å²) >= 11 is 0. The van der Waals surface area contributed by atoms with Gasteiger partial charge < -0.3 is 19.2 Å². The summed E-state index contributed by atoms with van der Waals surface area (Å²) < 4.78 is 15.4. The molecule has 1 unspecified atom stereocenters. The zero-order chi connectivity index (χ0) is 15.8. The number of aromatic nitrogens is 2. The fraction of sp³-hybridized carbons (Fsp3) is 0.375. The third kappa shape index (κ3) is 4.33. The zero-order valence-corrected chi connectivity index (χ0v) is 12.7. The molecule has 1 aromatic carbocycles. The Morgan fingerprint density at radius 2 is 2.09 bits per heavy atom. The summed E-state index contributed by atoms with van der Waals surface area (Å²) in [5.41, 5.74) is 0.861. The van der Waals surface area contributed by atoms with Crippen LogP contribution in [0.2, 0.25) is 0 Å². The van der Waals surface area contributed by atoms with Gasteiger partial charge in [0.05, 0.1) is 12.5 Å². The molecule has 0 fully saturated rings. The molecule has 6 heteroatoms. The molecular formula is C16H20N2O4. The summed E-state index contributed by atoms with van der Waals surface area (Å²) in [6.07, 6.45) is 3.86. The van der Waals surface area contributed by atoms with Gasteiger partial charge in [-0.2, -0.15) is 0 Å². The molecule has 1 N–H and O–H groups in total. The smallest absolute Gasteiger partial charge is 0.313 e. The SMILES string of the molecule is CCOC(=O)C(Cc1ncc[nH]1)c1ccc(OCOC)cc1. The highest BCUT2D eigenvalue weighted by molar-refractivity contribution is 5.78. The monoisotopic (exact) mass is 304 g/mol. The average Bonchev–Trinajstić information content (AvgIpc) is 3.04.